The topological polar surface area (TPSA) is 12.0 Å². The summed E-state index contributed by atoms with van der Waals surface area (Å²) in [5.41, 5.74) is 1.74. The maximum Gasteiger partial charge on any atom is 0.0595 e. The Morgan fingerprint density at radius 3 is 2.47 bits per heavy atom. The lowest BCUT2D eigenvalue weighted by atomic mass is 9.65. The number of hydrogen-bond donors (Lipinski definition) is 1. The Labute approximate surface area is 126 Å². The van der Waals surface area contributed by atoms with Gasteiger partial charge in [-0.25, -0.2) is 0 Å². The first-order valence-corrected chi connectivity index (χ1v) is 7.91. The molecule has 1 aromatic carbocycles. The zero-order valence-corrected chi connectivity index (χ0v) is 13.3. The molecule has 106 valence electrons. The lowest BCUT2D eigenvalue weighted by molar-refractivity contribution is 0.129. The van der Waals surface area contributed by atoms with Crippen LogP contribution in [0.2, 0.25) is 10.0 Å². The normalized spacial score (nSPS) is 17.5. The van der Waals surface area contributed by atoms with Gasteiger partial charge in [0.1, 0.15) is 0 Å². The third-order valence-corrected chi connectivity index (χ3v) is 4.77. The predicted octanol–water partition coefficient (Wildman–Crippen LogP) is 4.95. The van der Waals surface area contributed by atoms with Gasteiger partial charge in [0.15, 0.2) is 0 Å². The standard InChI is InChI=1S/C16H23Cl2N/c1-12(2)10-19-11-16(6-3-7-16)9-13-4-5-14(17)15(18)8-13/h4-5,8,12,19H,3,6-7,9-11H2,1-2H3. The number of halogens is 2. The molecule has 0 bridgehead atoms. The molecule has 1 nitrogen and oxygen atoms in total. The molecule has 19 heavy (non-hydrogen) atoms. The van der Waals surface area contributed by atoms with Crippen molar-refractivity contribution >= 4 is 23.2 Å². The van der Waals surface area contributed by atoms with E-state index < -0.39 is 0 Å². The molecule has 3 heteroatoms. The van der Waals surface area contributed by atoms with E-state index in [4.69, 9.17) is 23.2 Å². The Kier molecular flexibility index (Phi) is 5.16. The lowest BCUT2D eigenvalue weighted by Crippen LogP contribution is -2.42. The van der Waals surface area contributed by atoms with Crippen molar-refractivity contribution in [1.82, 2.24) is 5.32 Å². The molecule has 0 unspecified atom stereocenters. The van der Waals surface area contributed by atoms with Crippen molar-refractivity contribution in [3.63, 3.8) is 0 Å². The summed E-state index contributed by atoms with van der Waals surface area (Å²) in [6, 6.07) is 6.04. The maximum absolute atomic E-state index is 6.10. The van der Waals surface area contributed by atoms with Crippen LogP contribution in [-0.4, -0.2) is 13.1 Å². The van der Waals surface area contributed by atoms with Crippen molar-refractivity contribution in [3.05, 3.63) is 33.8 Å². The van der Waals surface area contributed by atoms with Gasteiger partial charge in [0.05, 0.1) is 10.0 Å². The van der Waals surface area contributed by atoms with Gasteiger partial charge in [-0.3, -0.25) is 0 Å². The fourth-order valence-electron chi connectivity index (χ4n) is 2.80. The second kappa shape index (κ2) is 6.47. The van der Waals surface area contributed by atoms with Crippen molar-refractivity contribution < 1.29 is 0 Å². The molecular formula is C16H23Cl2N. The summed E-state index contributed by atoms with van der Waals surface area (Å²) < 4.78 is 0. The van der Waals surface area contributed by atoms with E-state index in [9.17, 15) is 0 Å². The molecule has 0 heterocycles. The fraction of sp³-hybridized carbons (Fsp3) is 0.625. The molecule has 0 saturated heterocycles. The molecule has 0 radical (unpaired) electrons. The summed E-state index contributed by atoms with van der Waals surface area (Å²) >= 11 is 12.1. The van der Waals surface area contributed by atoms with Crippen LogP contribution >= 0.6 is 23.2 Å². The Balaban J connectivity index is 1.95. The van der Waals surface area contributed by atoms with E-state index in [1.807, 2.05) is 12.1 Å². The highest BCUT2D eigenvalue weighted by atomic mass is 35.5. The van der Waals surface area contributed by atoms with Crippen LogP contribution < -0.4 is 5.32 Å². The quantitative estimate of drug-likeness (QED) is 0.783. The van der Waals surface area contributed by atoms with Gasteiger partial charge >= 0.3 is 0 Å². The molecule has 1 fully saturated rings. The Morgan fingerprint density at radius 1 is 1.21 bits per heavy atom. The van der Waals surface area contributed by atoms with Crippen LogP contribution in [0.4, 0.5) is 0 Å². The monoisotopic (exact) mass is 299 g/mol. The fourth-order valence-corrected chi connectivity index (χ4v) is 3.12. The molecule has 1 aromatic rings. The third kappa shape index (κ3) is 4.11. The molecule has 1 N–H and O–H groups in total. The van der Waals surface area contributed by atoms with Crippen LogP contribution in [-0.2, 0) is 6.42 Å². The van der Waals surface area contributed by atoms with Crippen molar-refractivity contribution in [2.45, 2.75) is 39.5 Å². The molecule has 0 aliphatic heterocycles. The largest absolute Gasteiger partial charge is 0.316 e. The molecule has 0 atom stereocenters. The number of nitrogens with one attached hydrogen (secondary N) is 1. The number of hydrogen-bond acceptors (Lipinski definition) is 1. The summed E-state index contributed by atoms with van der Waals surface area (Å²) in [6.45, 7) is 6.72. The van der Waals surface area contributed by atoms with Crippen molar-refractivity contribution in [2.75, 3.05) is 13.1 Å². The Bertz CT molecular complexity index is 425. The molecule has 1 saturated carbocycles. The van der Waals surface area contributed by atoms with Crippen LogP contribution in [0.5, 0.6) is 0 Å². The highest BCUT2D eigenvalue weighted by molar-refractivity contribution is 6.42. The second-order valence-corrected chi connectivity index (χ2v) is 7.12. The van der Waals surface area contributed by atoms with Crippen LogP contribution in [0.25, 0.3) is 0 Å². The van der Waals surface area contributed by atoms with Gasteiger partial charge in [0.25, 0.3) is 0 Å². The molecule has 1 aliphatic rings. The van der Waals surface area contributed by atoms with Crippen LogP contribution in [0.1, 0.15) is 38.7 Å². The highest BCUT2D eigenvalue weighted by Gasteiger charge is 2.36. The van der Waals surface area contributed by atoms with E-state index in [1.165, 1.54) is 24.8 Å². The van der Waals surface area contributed by atoms with E-state index in [2.05, 4.69) is 25.2 Å². The van der Waals surface area contributed by atoms with Gasteiger partial charge < -0.3 is 5.32 Å². The zero-order chi connectivity index (χ0) is 13.9. The van der Waals surface area contributed by atoms with E-state index in [1.54, 1.807) is 0 Å². The SMILES string of the molecule is CC(C)CNCC1(Cc2ccc(Cl)c(Cl)c2)CCC1. The predicted molar refractivity (Wildman–Crippen MR) is 84.2 cm³/mol. The van der Waals surface area contributed by atoms with Gasteiger partial charge in [-0.1, -0.05) is 49.5 Å². The summed E-state index contributed by atoms with van der Waals surface area (Å²) in [7, 11) is 0. The van der Waals surface area contributed by atoms with Crippen molar-refractivity contribution in [3.8, 4) is 0 Å². The summed E-state index contributed by atoms with van der Waals surface area (Å²) in [6.07, 6.45) is 5.09. The highest BCUT2D eigenvalue weighted by Crippen LogP contribution is 2.43. The molecule has 0 spiro atoms. The Morgan fingerprint density at radius 2 is 1.95 bits per heavy atom. The zero-order valence-electron chi connectivity index (χ0n) is 11.8. The Hall–Kier alpha value is -0.240. The minimum Gasteiger partial charge on any atom is -0.316 e. The summed E-state index contributed by atoms with van der Waals surface area (Å²) in [4.78, 5) is 0. The minimum atomic E-state index is 0.437. The van der Waals surface area contributed by atoms with Crippen molar-refractivity contribution in [1.29, 1.82) is 0 Å². The van der Waals surface area contributed by atoms with Gasteiger partial charge in [-0.05, 0) is 54.8 Å². The van der Waals surface area contributed by atoms with Crippen LogP contribution in [0, 0.1) is 11.3 Å². The first-order valence-electron chi connectivity index (χ1n) is 7.15. The second-order valence-electron chi connectivity index (χ2n) is 6.30. The summed E-state index contributed by atoms with van der Waals surface area (Å²) in [5.74, 6) is 0.710. The van der Waals surface area contributed by atoms with Gasteiger partial charge in [0.2, 0.25) is 0 Å². The van der Waals surface area contributed by atoms with Crippen LogP contribution in [0.3, 0.4) is 0 Å². The average molecular weight is 300 g/mol. The van der Waals surface area contributed by atoms with Crippen molar-refractivity contribution in [2.24, 2.45) is 11.3 Å². The first-order chi connectivity index (χ1) is 9.01. The molecule has 1 aliphatic carbocycles. The smallest absolute Gasteiger partial charge is 0.0595 e. The molecular weight excluding hydrogens is 277 g/mol. The lowest BCUT2D eigenvalue weighted by Gasteiger charge is -2.42. The maximum atomic E-state index is 6.10. The third-order valence-electron chi connectivity index (χ3n) is 4.03. The van der Waals surface area contributed by atoms with Crippen LogP contribution in [0.15, 0.2) is 18.2 Å². The number of rotatable bonds is 6. The van der Waals surface area contributed by atoms with E-state index in [0.717, 1.165) is 19.5 Å². The summed E-state index contributed by atoms with van der Waals surface area (Å²) in [5, 5.41) is 4.93. The van der Waals surface area contributed by atoms with Gasteiger partial charge in [-0.2, -0.15) is 0 Å². The van der Waals surface area contributed by atoms with E-state index in [0.29, 0.717) is 21.4 Å². The van der Waals surface area contributed by atoms with Gasteiger partial charge in [0, 0.05) is 6.54 Å². The van der Waals surface area contributed by atoms with E-state index in [-0.39, 0.29) is 0 Å². The minimum absolute atomic E-state index is 0.437. The molecule has 0 amide bonds. The number of benzene rings is 1. The first kappa shape index (κ1) is 15.2. The average Bonchev–Trinajstić information content (AvgIpc) is 2.30. The van der Waals surface area contributed by atoms with E-state index >= 15 is 0 Å². The van der Waals surface area contributed by atoms with Gasteiger partial charge in [-0.15, -0.1) is 0 Å². The molecule has 2 rings (SSSR count). The molecule has 0 aromatic heterocycles.